The van der Waals surface area contributed by atoms with Gasteiger partial charge in [-0.2, -0.15) is 13.5 Å². The molecule has 3 aromatic rings. The maximum Gasteiger partial charge on any atom is 0.243 e. The molecule has 1 fully saturated rings. The molecule has 1 aliphatic rings. The van der Waals surface area contributed by atoms with Crippen molar-refractivity contribution < 1.29 is 13.2 Å². The van der Waals surface area contributed by atoms with Gasteiger partial charge in [0.15, 0.2) is 0 Å². The molecule has 0 aliphatic heterocycles. The molecule has 3 atom stereocenters. The van der Waals surface area contributed by atoms with Gasteiger partial charge in [-0.15, -0.1) is 0 Å². The van der Waals surface area contributed by atoms with E-state index < -0.39 is 16.1 Å². The highest BCUT2D eigenvalue weighted by Crippen LogP contribution is 2.24. The SMILES string of the molecule is CC1CCCCC1NC(=O)C(Cc1ccccc1)NS(=O)(=O)c1cccc2nsnc12. The standard InChI is InChI=1S/C22H26N4O3S2/c1-15-8-5-6-11-17(15)23-22(27)19(14-16-9-3-2-4-10-16)26-31(28,29)20-13-7-12-18-21(20)25-30-24-18/h2-4,7,9-10,12-13,15,17,19,26H,5-6,8,11,14H2,1H3,(H,23,27). The van der Waals surface area contributed by atoms with Crippen LogP contribution in [0, 0.1) is 5.92 Å². The topological polar surface area (TPSA) is 101 Å². The van der Waals surface area contributed by atoms with Gasteiger partial charge in [-0.25, -0.2) is 8.42 Å². The van der Waals surface area contributed by atoms with Crippen LogP contribution in [0.5, 0.6) is 0 Å². The molecule has 4 rings (SSSR count). The zero-order valence-corrected chi connectivity index (χ0v) is 19.0. The van der Waals surface area contributed by atoms with Crippen LogP contribution in [0.2, 0.25) is 0 Å². The quantitative estimate of drug-likeness (QED) is 0.566. The summed E-state index contributed by atoms with van der Waals surface area (Å²) in [7, 11) is -3.98. The molecule has 1 amide bonds. The van der Waals surface area contributed by atoms with Crippen LogP contribution in [-0.4, -0.2) is 35.2 Å². The van der Waals surface area contributed by atoms with Crippen LogP contribution >= 0.6 is 11.7 Å². The Morgan fingerprint density at radius 1 is 1.10 bits per heavy atom. The van der Waals surface area contributed by atoms with Crippen molar-refractivity contribution >= 4 is 38.7 Å². The monoisotopic (exact) mass is 458 g/mol. The molecule has 7 nitrogen and oxygen atoms in total. The average Bonchev–Trinajstić information content (AvgIpc) is 3.24. The first kappa shape index (κ1) is 21.9. The molecular formula is C22H26N4O3S2. The molecule has 3 unspecified atom stereocenters. The summed E-state index contributed by atoms with van der Waals surface area (Å²) in [4.78, 5) is 13.3. The smallest absolute Gasteiger partial charge is 0.243 e. The van der Waals surface area contributed by atoms with Crippen LogP contribution in [-0.2, 0) is 21.2 Å². The van der Waals surface area contributed by atoms with Gasteiger partial charge < -0.3 is 5.32 Å². The summed E-state index contributed by atoms with van der Waals surface area (Å²) in [5.41, 5.74) is 1.73. The van der Waals surface area contributed by atoms with Gasteiger partial charge in [0, 0.05) is 6.04 Å². The van der Waals surface area contributed by atoms with E-state index in [2.05, 4.69) is 25.7 Å². The van der Waals surface area contributed by atoms with Crippen LogP contribution in [0.4, 0.5) is 0 Å². The highest BCUT2D eigenvalue weighted by molar-refractivity contribution is 7.89. The first-order valence-corrected chi connectivity index (χ1v) is 12.7. The fourth-order valence-electron chi connectivity index (χ4n) is 4.10. The average molecular weight is 459 g/mol. The van der Waals surface area contributed by atoms with E-state index in [0.717, 1.165) is 36.6 Å². The molecule has 2 aromatic carbocycles. The third-order valence-corrected chi connectivity index (χ3v) is 7.92. The van der Waals surface area contributed by atoms with Crippen LogP contribution in [0.1, 0.15) is 38.2 Å². The number of hydrogen-bond acceptors (Lipinski definition) is 6. The van der Waals surface area contributed by atoms with Gasteiger partial charge >= 0.3 is 0 Å². The Labute approximate surface area is 186 Å². The number of nitrogens with zero attached hydrogens (tertiary/aromatic N) is 2. The number of sulfonamides is 1. The van der Waals surface area contributed by atoms with Gasteiger partial charge in [0.05, 0.1) is 11.7 Å². The summed E-state index contributed by atoms with van der Waals surface area (Å²) in [5, 5.41) is 3.10. The van der Waals surface area contributed by atoms with E-state index in [1.165, 1.54) is 12.5 Å². The number of aromatic nitrogens is 2. The van der Waals surface area contributed by atoms with Crippen LogP contribution in [0.3, 0.4) is 0 Å². The molecular weight excluding hydrogens is 432 g/mol. The Kier molecular flexibility index (Phi) is 6.64. The summed E-state index contributed by atoms with van der Waals surface area (Å²) in [6.07, 6.45) is 4.49. The molecule has 1 aliphatic carbocycles. The van der Waals surface area contributed by atoms with Crippen molar-refractivity contribution in [2.45, 2.75) is 56.0 Å². The second-order valence-electron chi connectivity index (χ2n) is 8.13. The van der Waals surface area contributed by atoms with E-state index in [9.17, 15) is 13.2 Å². The van der Waals surface area contributed by atoms with Crippen molar-refractivity contribution in [2.24, 2.45) is 5.92 Å². The molecule has 2 N–H and O–H groups in total. The molecule has 0 bridgehead atoms. The number of benzene rings is 2. The minimum atomic E-state index is -3.98. The number of fused-ring (bicyclic) bond motifs is 1. The third-order valence-electron chi connectivity index (χ3n) is 5.87. The van der Waals surface area contributed by atoms with Gasteiger partial charge in [-0.05, 0) is 42.9 Å². The van der Waals surface area contributed by atoms with Crippen molar-refractivity contribution in [3.05, 3.63) is 54.1 Å². The summed E-state index contributed by atoms with van der Waals surface area (Å²) < 4.78 is 37.4. The maximum absolute atomic E-state index is 13.3. The van der Waals surface area contributed by atoms with Crippen molar-refractivity contribution in [1.82, 2.24) is 18.8 Å². The third kappa shape index (κ3) is 5.11. The highest BCUT2D eigenvalue weighted by atomic mass is 32.2. The van der Waals surface area contributed by atoms with Gasteiger partial charge in [0.1, 0.15) is 22.0 Å². The first-order valence-electron chi connectivity index (χ1n) is 10.5. The lowest BCUT2D eigenvalue weighted by atomic mass is 9.86. The first-order chi connectivity index (χ1) is 14.9. The Balaban J connectivity index is 1.60. The molecule has 1 aromatic heterocycles. The zero-order valence-electron chi connectivity index (χ0n) is 17.3. The number of hydrogen-bond donors (Lipinski definition) is 2. The van der Waals surface area contributed by atoms with Gasteiger partial charge in [-0.3, -0.25) is 4.79 Å². The van der Waals surface area contributed by atoms with E-state index in [0.29, 0.717) is 17.0 Å². The van der Waals surface area contributed by atoms with Crippen molar-refractivity contribution in [3.63, 3.8) is 0 Å². The van der Waals surface area contributed by atoms with Crippen molar-refractivity contribution in [2.75, 3.05) is 0 Å². The van der Waals surface area contributed by atoms with E-state index in [-0.39, 0.29) is 23.3 Å². The Morgan fingerprint density at radius 2 is 1.87 bits per heavy atom. The van der Waals surface area contributed by atoms with Crippen LogP contribution < -0.4 is 10.0 Å². The second kappa shape index (κ2) is 9.42. The molecule has 0 radical (unpaired) electrons. The van der Waals surface area contributed by atoms with Gasteiger partial charge in [0.25, 0.3) is 0 Å². The molecule has 1 saturated carbocycles. The Bertz CT molecular complexity index is 1150. The number of amides is 1. The van der Waals surface area contributed by atoms with Crippen LogP contribution in [0.25, 0.3) is 11.0 Å². The van der Waals surface area contributed by atoms with E-state index >= 15 is 0 Å². The largest absolute Gasteiger partial charge is 0.352 e. The lowest BCUT2D eigenvalue weighted by molar-refractivity contribution is -0.124. The highest BCUT2D eigenvalue weighted by Gasteiger charge is 2.31. The number of carbonyl (C=O) groups excluding carboxylic acids is 1. The van der Waals surface area contributed by atoms with Gasteiger partial charge in [0.2, 0.25) is 15.9 Å². The molecule has 9 heteroatoms. The molecule has 164 valence electrons. The fraction of sp³-hybridized carbons (Fsp3) is 0.409. The van der Waals surface area contributed by atoms with Crippen LogP contribution in [0.15, 0.2) is 53.4 Å². The van der Waals surface area contributed by atoms with Gasteiger partial charge in [-0.1, -0.05) is 56.2 Å². The maximum atomic E-state index is 13.3. The lowest BCUT2D eigenvalue weighted by Crippen LogP contribution is -2.52. The molecule has 31 heavy (non-hydrogen) atoms. The minimum Gasteiger partial charge on any atom is -0.352 e. The molecule has 0 spiro atoms. The summed E-state index contributed by atoms with van der Waals surface area (Å²) >= 11 is 0.963. The van der Waals surface area contributed by atoms with E-state index in [1.54, 1.807) is 12.1 Å². The Hall–Kier alpha value is -2.36. The van der Waals surface area contributed by atoms with Crippen molar-refractivity contribution in [1.29, 1.82) is 0 Å². The fourth-order valence-corrected chi connectivity index (χ4v) is 6.06. The zero-order chi connectivity index (χ0) is 21.8. The number of rotatable bonds is 7. The molecule has 0 saturated heterocycles. The van der Waals surface area contributed by atoms with Crippen molar-refractivity contribution in [3.8, 4) is 0 Å². The lowest BCUT2D eigenvalue weighted by Gasteiger charge is -2.31. The summed E-state index contributed by atoms with van der Waals surface area (Å²) in [6.45, 7) is 2.14. The Morgan fingerprint density at radius 3 is 2.65 bits per heavy atom. The normalized spacial score (nSPS) is 20.4. The second-order valence-corrected chi connectivity index (χ2v) is 10.3. The number of nitrogens with one attached hydrogen (secondary N) is 2. The summed E-state index contributed by atoms with van der Waals surface area (Å²) in [6, 6.07) is 13.4. The summed E-state index contributed by atoms with van der Waals surface area (Å²) in [5.74, 6) is 0.0799. The number of carbonyl (C=O) groups is 1. The predicted octanol–water partition coefficient (Wildman–Crippen LogP) is 3.28. The van der Waals surface area contributed by atoms with E-state index in [1.807, 2.05) is 30.3 Å². The van der Waals surface area contributed by atoms with E-state index in [4.69, 9.17) is 0 Å². The predicted molar refractivity (Wildman–Crippen MR) is 121 cm³/mol. The minimum absolute atomic E-state index is 0.0376. The molecule has 1 heterocycles.